The van der Waals surface area contributed by atoms with Crippen molar-refractivity contribution < 1.29 is 204 Å². The van der Waals surface area contributed by atoms with Crippen LogP contribution in [0.1, 0.15) is 2.85 Å². The first-order valence-corrected chi connectivity index (χ1v) is 5.50. The van der Waals surface area contributed by atoms with Gasteiger partial charge in [0.15, 0.2) is 0 Å². The standard InChI is InChI=1S/2Ag.2Cr.2K.7O.2H/q2*+1;;;2*+1;;;;;;4*-1. The van der Waals surface area contributed by atoms with Crippen LogP contribution < -0.4 is 111 Å². The summed E-state index contributed by atoms with van der Waals surface area (Å²) in [5.74, 6) is 0. The molecule has 0 aromatic carbocycles. The van der Waals surface area contributed by atoms with E-state index in [1.807, 2.05) is 0 Å². The average Bonchev–Trinajstić information content (AvgIpc) is 1.14. The number of hydrogen-bond acceptors (Lipinski definition) is 7. The van der Waals surface area contributed by atoms with Gasteiger partial charge >= 0.3 is 201 Å². The normalized spacial score (nSPS) is 9.38. The molecule has 0 fully saturated rings. The van der Waals surface area contributed by atoms with Crippen LogP contribution in [0.2, 0.25) is 0 Å². The van der Waals surface area contributed by atoms with Gasteiger partial charge in [-0.25, -0.2) is 0 Å². The molecule has 0 aliphatic carbocycles. The van der Waals surface area contributed by atoms with Crippen LogP contribution in [0.25, 0.3) is 0 Å². The van der Waals surface area contributed by atoms with Crippen LogP contribution in [0.15, 0.2) is 0 Å². The molecular weight excluding hydrogens is 510 g/mol. The van der Waals surface area contributed by atoms with Gasteiger partial charge < -0.3 is 2.85 Å². The number of rotatable bonds is 2. The van der Waals surface area contributed by atoms with Gasteiger partial charge in [-0.2, -0.15) is 0 Å². The Morgan fingerprint density at radius 2 is 1.00 bits per heavy atom. The second-order valence-electron chi connectivity index (χ2n) is 0.885. The molecule has 80 valence electrons. The van der Waals surface area contributed by atoms with E-state index in [1.165, 1.54) is 0 Å². The molecule has 0 atom stereocenters. The van der Waals surface area contributed by atoms with Gasteiger partial charge in [-0.3, -0.25) is 0 Å². The molecule has 0 aromatic rings. The Balaban J connectivity index is -0.0000000213. The van der Waals surface area contributed by atoms with E-state index in [2.05, 4.69) is 2.84 Å². The summed E-state index contributed by atoms with van der Waals surface area (Å²) in [6.07, 6.45) is 0. The molecule has 0 aromatic heterocycles. The molecule has 0 spiro atoms. The van der Waals surface area contributed by atoms with Crippen LogP contribution >= 0.6 is 0 Å². The molecule has 13 heavy (non-hydrogen) atoms. The van der Waals surface area contributed by atoms with Crippen LogP contribution in [-0.4, -0.2) is 0 Å². The van der Waals surface area contributed by atoms with Crippen molar-refractivity contribution >= 4 is 0 Å². The van der Waals surface area contributed by atoms with Crippen LogP contribution in [0.4, 0.5) is 0 Å². The third-order valence-electron chi connectivity index (χ3n) is 0.167. The van der Waals surface area contributed by atoms with Gasteiger partial charge in [0.25, 0.3) is 0 Å². The maximum atomic E-state index is 9.38. The Hall–Kier alpha value is 4.90. The van der Waals surface area contributed by atoms with E-state index in [4.69, 9.17) is 0 Å². The van der Waals surface area contributed by atoms with Gasteiger partial charge in [-0.1, -0.05) is 0 Å². The molecule has 0 aliphatic heterocycles. The Morgan fingerprint density at radius 3 is 1.00 bits per heavy atom. The van der Waals surface area contributed by atoms with E-state index >= 15 is 0 Å². The zero-order valence-corrected chi connectivity index (χ0v) is 18.0. The predicted molar refractivity (Wildman–Crippen MR) is 6.05 cm³/mol. The van der Waals surface area contributed by atoms with Crippen molar-refractivity contribution in [1.82, 2.24) is 0 Å². The molecule has 0 saturated heterocycles. The molecule has 13 heteroatoms. The molecule has 0 radical (unpaired) electrons. The zero-order valence-electron chi connectivity index (χ0n) is 8.28. The van der Waals surface area contributed by atoms with Gasteiger partial charge in [-0.15, -0.1) is 0 Å². The van der Waals surface area contributed by atoms with Crippen molar-refractivity contribution in [2.24, 2.45) is 0 Å². The topological polar surface area (TPSA) is 124 Å². The van der Waals surface area contributed by atoms with Gasteiger partial charge in [-0.05, 0) is 0 Å². The van der Waals surface area contributed by atoms with E-state index in [0.717, 1.165) is 0 Å². The van der Waals surface area contributed by atoms with Gasteiger partial charge in [0, 0.05) is 0 Å². The third-order valence-corrected chi connectivity index (χ3v) is 2.83. The maximum absolute atomic E-state index is 9.38. The minimum absolute atomic E-state index is 0. The van der Waals surface area contributed by atoms with Crippen molar-refractivity contribution in [3.8, 4) is 0 Å². The van der Waals surface area contributed by atoms with Crippen molar-refractivity contribution in [1.29, 1.82) is 0 Å². The fraction of sp³-hybridized carbons (Fsp3) is 0. The molecule has 0 saturated carbocycles. The van der Waals surface area contributed by atoms with Crippen LogP contribution in [0.3, 0.4) is 0 Å². The zero-order chi connectivity index (χ0) is 7.71. The Kier molecular flexibility index (Phi) is 31.5. The van der Waals surface area contributed by atoms with Gasteiger partial charge in [0.1, 0.15) is 0 Å². The molecular formula is H2Ag2Cr2K2O7. The van der Waals surface area contributed by atoms with E-state index in [9.17, 15) is 23.5 Å². The monoisotopic (exact) mass is 510 g/mol. The Morgan fingerprint density at radius 1 is 0.846 bits per heavy atom. The summed E-state index contributed by atoms with van der Waals surface area (Å²) in [5, 5.41) is 0. The van der Waals surface area contributed by atoms with Crippen molar-refractivity contribution in [3.63, 3.8) is 0 Å². The molecule has 0 amide bonds. The summed E-state index contributed by atoms with van der Waals surface area (Å²) < 4.78 is 58.9. The summed E-state index contributed by atoms with van der Waals surface area (Å²) in [6.45, 7) is 0. The van der Waals surface area contributed by atoms with Gasteiger partial charge in [0.2, 0.25) is 0 Å². The first-order chi connectivity index (χ1) is 3.71. The summed E-state index contributed by atoms with van der Waals surface area (Å²) in [6, 6.07) is 0. The first-order valence-electron chi connectivity index (χ1n) is 1.33. The fourth-order valence-electron chi connectivity index (χ4n) is 0.102. The van der Waals surface area contributed by atoms with E-state index in [1.54, 1.807) is 0 Å². The molecule has 0 heterocycles. The second kappa shape index (κ2) is 13.3. The Bertz CT molecular complexity index is 256. The van der Waals surface area contributed by atoms with E-state index in [-0.39, 0.29) is 150 Å². The molecule has 0 unspecified atom stereocenters. The second-order valence-corrected chi connectivity index (χ2v) is 4.52. The predicted octanol–water partition coefficient (Wildman–Crippen LogP) is -8.70. The van der Waals surface area contributed by atoms with E-state index in [0.29, 0.717) is 0 Å². The quantitative estimate of drug-likeness (QED) is 0.337. The minimum atomic E-state index is -6.07. The molecule has 0 N–H and O–H groups in total. The Labute approximate surface area is 198 Å². The van der Waals surface area contributed by atoms with Crippen LogP contribution in [0, 0.1) is 0 Å². The summed E-state index contributed by atoms with van der Waals surface area (Å²) in [4.78, 5) is 0. The summed E-state index contributed by atoms with van der Waals surface area (Å²) in [5.41, 5.74) is 0. The van der Waals surface area contributed by atoms with Crippen molar-refractivity contribution in [3.05, 3.63) is 0 Å². The van der Waals surface area contributed by atoms with Crippen molar-refractivity contribution in [2.75, 3.05) is 0 Å². The molecule has 0 rings (SSSR count). The van der Waals surface area contributed by atoms with Crippen LogP contribution in [-0.2, 0) is 90.0 Å². The van der Waals surface area contributed by atoms with E-state index < -0.39 is 27.2 Å². The van der Waals surface area contributed by atoms with Gasteiger partial charge in [0.05, 0.1) is 0 Å². The third kappa shape index (κ3) is 31.6. The summed E-state index contributed by atoms with van der Waals surface area (Å²) >= 11 is -12.1. The van der Waals surface area contributed by atoms with Crippen molar-refractivity contribution in [2.45, 2.75) is 0 Å². The summed E-state index contributed by atoms with van der Waals surface area (Å²) in [7, 11) is 0. The SMILES string of the molecule is [Ag+].[Ag+].[H-].[H-].[K+].[K+].[O]=[Cr](=[O])([O-])[O][Cr](=[O])(=[O])[O-]. The molecule has 7 nitrogen and oxygen atoms in total. The average molecular weight is 512 g/mol. The molecule has 0 bridgehead atoms. The molecule has 0 aliphatic rings. The van der Waals surface area contributed by atoms with Crippen LogP contribution in [0.5, 0.6) is 0 Å². The first kappa shape index (κ1) is 30.7. The number of hydrogen-bond donors (Lipinski definition) is 0. The fourth-order valence-corrected chi connectivity index (χ4v) is 1.74.